The first-order valence-corrected chi connectivity index (χ1v) is 8.45. The largest absolute Gasteiger partial charge is 0.496 e. The van der Waals surface area contributed by atoms with Gasteiger partial charge in [0.05, 0.1) is 7.11 Å². The van der Waals surface area contributed by atoms with Crippen molar-refractivity contribution in [2.45, 2.75) is 13.0 Å². The van der Waals surface area contributed by atoms with Gasteiger partial charge in [0, 0.05) is 10.6 Å². The number of esters is 1. The minimum atomic E-state index is -0.931. The van der Waals surface area contributed by atoms with Crippen molar-refractivity contribution < 1.29 is 19.1 Å². The van der Waals surface area contributed by atoms with Gasteiger partial charge in [-0.1, -0.05) is 35.9 Å². The molecule has 132 valence electrons. The van der Waals surface area contributed by atoms with Crippen LogP contribution in [0.4, 0.5) is 0 Å². The van der Waals surface area contributed by atoms with Crippen molar-refractivity contribution in [1.29, 1.82) is 0 Å². The Morgan fingerprint density at radius 1 is 0.962 bits per heavy atom. The molecule has 3 aromatic carbocycles. The van der Waals surface area contributed by atoms with Crippen molar-refractivity contribution in [2.75, 3.05) is 7.11 Å². The van der Waals surface area contributed by atoms with E-state index in [2.05, 4.69) is 0 Å². The average molecular weight is 369 g/mol. The van der Waals surface area contributed by atoms with Crippen LogP contribution in [0.2, 0.25) is 5.02 Å². The molecule has 0 heterocycles. The van der Waals surface area contributed by atoms with Crippen LogP contribution in [0.25, 0.3) is 10.8 Å². The second-order valence-electron chi connectivity index (χ2n) is 5.82. The molecule has 3 aromatic rings. The van der Waals surface area contributed by atoms with Crippen LogP contribution in [0.15, 0.2) is 60.7 Å². The van der Waals surface area contributed by atoms with Gasteiger partial charge in [0.2, 0.25) is 5.78 Å². The molecule has 1 atom stereocenters. The van der Waals surface area contributed by atoms with E-state index in [1.165, 1.54) is 7.11 Å². The van der Waals surface area contributed by atoms with Crippen LogP contribution < -0.4 is 4.74 Å². The molecule has 0 aliphatic carbocycles. The summed E-state index contributed by atoms with van der Waals surface area (Å²) in [6.45, 7) is 1.54. The third kappa shape index (κ3) is 3.70. The molecular formula is C21H17ClO4. The van der Waals surface area contributed by atoms with E-state index in [1.807, 2.05) is 24.3 Å². The average Bonchev–Trinajstić information content (AvgIpc) is 2.66. The number of ketones is 1. The highest BCUT2D eigenvalue weighted by molar-refractivity contribution is 6.30. The van der Waals surface area contributed by atoms with Crippen molar-refractivity contribution in [3.8, 4) is 5.75 Å². The van der Waals surface area contributed by atoms with Gasteiger partial charge >= 0.3 is 5.97 Å². The van der Waals surface area contributed by atoms with Crippen molar-refractivity contribution in [1.82, 2.24) is 0 Å². The second-order valence-corrected chi connectivity index (χ2v) is 6.25. The second kappa shape index (κ2) is 7.58. The van der Waals surface area contributed by atoms with E-state index >= 15 is 0 Å². The molecule has 26 heavy (non-hydrogen) atoms. The molecule has 0 saturated heterocycles. The van der Waals surface area contributed by atoms with E-state index in [1.54, 1.807) is 43.3 Å². The first kappa shape index (κ1) is 18.0. The van der Waals surface area contributed by atoms with E-state index in [-0.39, 0.29) is 11.3 Å². The van der Waals surface area contributed by atoms with Crippen LogP contribution in [0.1, 0.15) is 27.6 Å². The minimum absolute atomic E-state index is 0.280. The molecule has 0 spiro atoms. The van der Waals surface area contributed by atoms with Crippen molar-refractivity contribution >= 4 is 34.1 Å². The topological polar surface area (TPSA) is 52.6 Å². The highest BCUT2D eigenvalue weighted by atomic mass is 35.5. The highest BCUT2D eigenvalue weighted by Gasteiger charge is 2.23. The number of methoxy groups -OCH3 is 1. The van der Waals surface area contributed by atoms with Crippen LogP contribution in [0.3, 0.4) is 0 Å². The van der Waals surface area contributed by atoms with Gasteiger partial charge in [0.1, 0.15) is 11.3 Å². The molecule has 0 unspecified atom stereocenters. The first-order chi connectivity index (χ1) is 12.5. The Morgan fingerprint density at radius 2 is 1.58 bits per heavy atom. The van der Waals surface area contributed by atoms with E-state index in [4.69, 9.17) is 21.1 Å². The number of carbonyl (C=O) groups excluding carboxylic acids is 2. The van der Waals surface area contributed by atoms with Gasteiger partial charge in [-0.15, -0.1) is 0 Å². The van der Waals surface area contributed by atoms with E-state index in [0.29, 0.717) is 16.3 Å². The zero-order valence-electron chi connectivity index (χ0n) is 14.4. The van der Waals surface area contributed by atoms with Gasteiger partial charge in [-0.05, 0) is 54.1 Å². The molecule has 0 fully saturated rings. The number of rotatable bonds is 5. The third-order valence-electron chi connectivity index (χ3n) is 4.07. The molecule has 0 radical (unpaired) electrons. The monoisotopic (exact) mass is 368 g/mol. The summed E-state index contributed by atoms with van der Waals surface area (Å²) in [5, 5.41) is 2.37. The molecule has 3 rings (SSSR count). The lowest BCUT2D eigenvalue weighted by atomic mass is 10.1. The zero-order chi connectivity index (χ0) is 18.7. The molecular weight excluding hydrogens is 352 g/mol. The maximum Gasteiger partial charge on any atom is 0.342 e. The van der Waals surface area contributed by atoms with Crippen molar-refractivity contribution in [3.63, 3.8) is 0 Å². The molecule has 0 bridgehead atoms. The number of ether oxygens (including phenoxy) is 2. The smallest absolute Gasteiger partial charge is 0.342 e. The summed E-state index contributed by atoms with van der Waals surface area (Å²) in [7, 11) is 1.49. The molecule has 0 aliphatic heterocycles. The quantitative estimate of drug-likeness (QED) is 0.473. The standard InChI is InChI=1S/C21H17ClO4/c1-13(20(23)14-7-9-17(22)10-8-14)26-21(24)18-11-15-5-3-4-6-16(15)12-19(18)25-2/h3-13H,1-2H3/t13-/m1/s1. The normalized spacial score (nSPS) is 11.8. The fourth-order valence-corrected chi connectivity index (χ4v) is 2.80. The molecule has 0 aliphatic rings. The molecule has 0 aromatic heterocycles. The number of halogens is 1. The van der Waals surface area contributed by atoms with Crippen LogP contribution >= 0.6 is 11.6 Å². The Bertz CT molecular complexity index is 963. The SMILES string of the molecule is COc1cc2ccccc2cc1C(=O)O[C@H](C)C(=O)c1ccc(Cl)cc1. The van der Waals surface area contributed by atoms with Crippen LogP contribution in [0.5, 0.6) is 5.75 Å². The van der Waals surface area contributed by atoms with Gasteiger partial charge in [-0.25, -0.2) is 4.79 Å². The summed E-state index contributed by atoms with van der Waals surface area (Å²) < 4.78 is 10.7. The lowest BCUT2D eigenvalue weighted by Crippen LogP contribution is -2.24. The molecule has 5 heteroatoms. The molecule has 0 saturated carbocycles. The van der Waals surface area contributed by atoms with Crippen LogP contribution in [-0.2, 0) is 4.74 Å². The van der Waals surface area contributed by atoms with Crippen molar-refractivity contribution in [2.24, 2.45) is 0 Å². The van der Waals surface area contributed by atoms with Gasteiger partial charge < -0.3 is 9.47 Å². The van der Waals surface area contributed by atoms with Crippen molar-refractivity contribution in [3.05, 3.63) is 76.8 Å². The van der Waals surface area contributed by atoms with Crippen LogP contribution in [0, 0.1) is 0 Å². The Labute approximate surface area is 156 Å². The van der Waals surface area contributed by atoms with Gasteiger partial charge in [0.25, 0.3) is 0 Å². The van der Waals surface area contributed by atoms with Gasteiger partial charge in [-0.2, -0.15) is 0 Å². The summed E-state index contributed by atoms with van der Waals surface area (Å²) >= 11 is 5.83. The first-order valence-electron chi connectivity index (χ1n) is 8.07. The van der Waals surface area contributed by atoms with E-state index in [0.717, 1.165) is 10.8 Å². The lowest BCUT2D eigenvalue weighted by molar-refractivity contribution is 0.0316. The highest BCUT2D eigenvalue weighted by Crippen LogP contribution is 2.27. The van der Waals surface area contributed by atoms with Crippen LogP contribution in [-0.4, -0.2) is 25.0 Å². The number of Topliss-reactive ketones (excluding diaryl/α,β-unsaturated/α-hetero) is 1. The summed E-state index contributed by atoms with van der Waals surface area (Å²) in [4.78, 5) is 25.0. The Hall–Kier alpha value is -2.85. The van der Waals surface area contributed by atoms with E-state index in [9.17, 15) is 9.59 Å². The Balaban J connectivity index is 1.83. The molecule has 4 nitrogen and oxygen atoms in total. The molecule has 0 amide bonds. The number of benzene rings is 3. The fraction of sp³-hybridized carbons (Fsp3) is 0.143. The predicted octanol–water partition coefficient (Wildman–Crippen LogP) is 4.93. The third-order valence-corrected chi connectivity index (χ3v) is 4.32. The summed E-state index contributed by atoms with van der Waals surface area (Å²) in [6.07, 6.45) is -0.931. The van der Waals surface area contributed by atoms with Gasteiger partial charge in [-0.3, -0.25) is 4.79 Å². The Kier molecular flexibility index (Phi) is 5.24. The number of fused-ring (bicyclic) bond motifs is 1. The lowest BCUT2D eigenvalue weighted by Gasteiger charge is -2.15. The number of hydrogen-bond acceptors (Lipinski definition) is 4. The number of carbonyl (C=O) groups is 2. The summed E-state index contributed by atoms with van der Waals surface area (Å²) in [6, 6.07) is 17.5. The fourth-order valence-electron chi connectivity index (χ4n) is 2.67. The van der Waals surface area contributed by atoms with E-state index < -0.39 is 12.1 Å². The minimum Gasteiger partial charge on any atom is -0.496 e. The summed E-state index contributed by atoms with van der Waals surface area (Å²) in [5.74, 6) is -0.503. The maximum absolute atomic E-state index is 12.6. The summed E-state index contributed by atoms with van der Waals surface area (Å²) in [5.41, 5.74) is 0.710. The maximum atomic E-state index is 12.6. The molecule has 0 N–H and O–H groups in total. The predicted molar refractivity (Wildman–Crippen MR) is 101 cm³/mol. The van der Waals surface area contributed by atoms with Gasteiger partial charge in [0.15, 0.2) is 6.10 Å². The Morgan fingerprint density at radius 3 is 2.19 bits per heavy atom. The number of hydrogen-bond donors (Lipinski definition) is 0. The zero-order valence-corrected chi connectivity index (χ0v) is 15.1.